The topological polar surface area (TPSA) is 52.6 Å². The van der Waals surface area contributed by atoms with Crippen LogP contribution in [0.1, 0.15) is 24.8 Å². The Balaban J connectivity index is 1.77. The van der Waals surface area contributed by atoms with Crippen molar-refractivity contribution in [3.63, 3.8) is 0 Å². The third-order valence-electron chi connectivity index (χ3n) is 4.73. The van der Waals surface area contributed by atoms with Gasteiger partial charge < -0.3 is 10.4 Å². The third kappa shape index (κ3) is 2.85. The second-order valence-corrected chi connectivity index (χ2v) is 6.31. The summed E-state index contributed by atoms with van der Waals surface area (Å²) in [6.07, 6.45) is 1.32. The molecule has 2 heterocycles. The molecular formula is C16H20F2N2O2. The van der Waals surface area contributed by atoms with Crippen LogP contribution in [0.15, 0.2) is 18.2 Å². The molecule has 0 aliphatic carbocycles. The van der Waals surface area contributed by atoms with Gasteiger partial charge in [-0.05, 0) is 37.0 Å². The van der Waals surface area contributed by atoms with Crippen LogP contribution in [0.4, 0.5) is 8.78 Å². The predicted molar refractivity (Wildman–Crippen MR) is 76.9 cm³/mol. The maximum atomic E-state index is 13.3. The molecule has 1 aromatic rings. The molecular weight excluding hydrogens is 290 g/mol. The Kier molecular flexibility index (Phi) is 4.14. The molecule has 120 valence electrons. The number of amides is 1. The molecule has 3 rings (SSSR count). The molecule has 0 bridgehead atoms. The van der Waals surface area contributed by atoms with Gasteiger partial charge >= 0.3 is 0 Å². The van der Waals surface area contributed by atoms with E-state index in [2.05, 4.69) is 5.32 Å². The molecule has 4 nitrogen and oxygen atoms in total. The van der Waals surface area contributed by atoms with Crippen LogP contribution in [0, 0.1) is 17.0 Å². The highest BCUT2D eigenvalue weighted by Gasteiger charge is 2.49. The van der Waals surface area contributed by atoms with Gasteiger partial charge in [0.2, 0.25) is 5.91 Å². The van der Waals surface area contributed by atoms with Gasteiger partial charge in [-0.2, -0.15) is 0 Å². The van der Waals surface area contributed by atoms with E-state index in [1.807, 2.05) is 4.90 Å². The Hall–Kier alpha value is -1.53. The van der Waals surface area contributed by atoms with Crippen molar-refractivity contribution in [3.05, 3.63) is 35.4 Å². The molecule has 2 fully saturated rings. The standard InChI is InChI=1S/C16H20F2N2O2/c17-12-6-11(7-13(18)8-12)9-20-5-2-14(21)16(10-20)3-1-4-19-15(16)22/h6-8,14,21H,1-5,9-10H2,(H,19,22)/t14-,16+/m0/s1. The maximum Gasteiger partial charge on any atom is 0.230 e. The van der Waals surface area contributed by atoms with Gasteiger partial charge in [-0.25, -0.2) is 8.78 Å². The Labute approximate surface area is 128 Å². The number of halogens is 2. The Bertz CT molecular complexity index is 561. The summed E-state index contributed by atoms with van der Waals surface area (Å²) in [7, 11) is 0. The SMILES string of the molecule is O=C1NCCC[C@]12CN(Cc1cc(F)cc(F)c1)CC[C@@H]2O. The molecule has 0 unspecified atom stereocenters. The average Bonchev–Trinajstić information content (AvgIpc) is 2.45. The van der Waals surface area contributed by atoms with Crippen molar-refractivity contribution >= 4 is 5.91 Å². The van der Waals surface area contributed by atoms with Gasteiger partial charge in [-0.3, -0.25) is 9.69 Å². The zero-order valence-corrected chi connectivity index (χ0v) is 12.3. The van der Waals surface area contributed by atoms with E-state index in [9.17, 15) is 18.7 Å². The van der Waals surface area contributed by atoms with Crippen LogP contribution in [0.5, 0.6) is 0 Å². The van der Waals surface area contributed by atoms with Gasteiger partial charge in [0.05, 0.1) is 11.5 Å². The number of aliphatic hydroxyl groups is 1. The summed E-state index contributed by atoms with van der Waals surface area (Å²) < 4.78 is 26.6. The van der Waals surface area contributed by atoms with E-state index < -0.39 is 23.2 Å². The fraction of sp³-hybridized carbons (Fsp3) is 0.562. The highest BCUT2D eigenvalue weighted by Crippen LogP contribution is 2.37. The lowest BCUT2D eigenvalue weighted by Gasteiger charge is -2.47. The second kappa shape index (κ2) is 5.93. The maximum absolute atomic E-state index is 13.3. The number of benzene rings is 1. The smallest absolute Gasteiger partial charge is 0.230 e. The van der Waals surface area contributed by atoms with Gasteiger partial charge in [0.25, 0.3) is 0 Å². The first kappa shape index (κ1) is 15.4. The van der Waals surface area contributed by atoms with Crippen LogP contribution in [-0.2, 0) is 11.3 Å². The lowest BCUT2D eigenvalue weighted by Crippen LogP contribution is -2.61. The lowest BCUT2D eigenvalue weighted by molar-refractivity contribution is -0.149. The summed E-state index contributed by atoms with van der Waals surface area (Å²) in [4.78, 5) is 14.3. The van der Waals surface area contributed by atoms with E-state index >= 15 is 0 Å². The zero-order chi connectivity index (χ0) is 15.7. The van der Waals surface area contributed by atoms with E-state index in [4.69, 9.17) is 0 Å². The number of carbonyl (C=O) groups excluding carboxylic acids is 1. The van der Waals surface area contributed by atoms with E-state index in [1.165, 1.54) is 12.1 Å². The van der Waals surface area contributed by atoms with Crippen molar-refractivity contribution in [3.8, 4) is 0 Å². The molecule has 22 heavy (non-hydrogen) atoms. The van der Waals surface area contributed by atoms with E-state index in [1.54, 1.807) is 0 Å². The van der Waals surface area contributed by atoms with Crippen molar-refractivity contribution in [2.75, 3.05) is 19.6 Å². The number of nitrogens with one attached hydrogen (secondary N) is 1. The Morgan fingerprint density at radius 1 is 1.32 bits per heavy atom. The molecule has 2 saturated heterocycles. The predicted octanol–water partition coefficient (Wildman–Crippen LogP) is 1.43. The normalized spacial score (nSPS) is 29.6. The average molecular weight is 310 g/mol. The molecule has 0 aromatic heterocycles. The quantitative estimate of drug-likeness (QED) is 0.869. The first-order chi connectivity index (χ1) is 10.5. The van der Waals surface area contributed by atoms with Gasteiger partial charge in [-0.15, -0.1) is 0 Å². The van der Waals surface area contributed by atoms with Crippen molar-refractivity contribution in [2.24, 2.45) is 5.41 Å². The van der Waals surface area contributed by atoms with Crippen molar-refractivity contribution < 1.29 is 18.7 Å². The summed E-state index contributed by atoms with van der Waals surface area (Å²) >= 11 is 0. The molecule has 2 aliphatic rings. The van der Waals surface area contributed by atoms with Crippen molar-refractivity contribution in [2.45, 2.75) is 31.9 Å². The third-order valence-corrected chi connectivity index (χ3v) is 4.73. The number of likely N-dealkylation sites (tertiary alicyclic amines) is 1. The number of aliphatic hydroxyl groups excluding tert-OH is 1. The van der Waals surface area contributed by atoms with Crippen LogP contribution in [0.3, 0.4) is 0 Å². The van der Waals surface area contributed by atoms with E-state index in [0.29, 0.717) is 44.6 Å². The van der Waals surface area contributed by atoms with Crippen LogP contribution in [0.25, 0.3) is 0 Å². The van der Waals surface area contributed by atoms with Crippen LogP contribution in [0.2, 0.25) is 0 Å². The molecule has 0 saturated carbocycles. The summed E-state index contributed by atoms with van der Waals surface area (Å²) in [6, 6.07) is 3.46. The van der Waals surface area contributed by atoms with Crippen LogP contribution < -0.4 is 5.32 Å². The number of carbonyl (C=O) groups is 1. The molecule has 2 N–H and O–H groups in total. The van der Waals surface area contributed by atoms with Gasteiger partial charge in [0.15, 0.2) is 0 Å². The molecule has 2 atom stereocenters. The summed E-state index contributed by atoms with van der Waals surface area (Å²) in [6.45, 7) is 2.03. The number of rotatable bonds is 2. The molecule has 1 spiro atoms. The lowest BCUT2D eigenvalue weighted by atomic mass is 9.71. The van der Waals surface area contributed by atoms with E-state index in [0.717, 1.165) is 12.5 Å². The second-order valence-electron chi connectivity index (χ2n) is 6.31. The molecule has 6 heteroatoms. The first-order valence-corrected chi connectivity index (χ1v) is 7.63. The zero-order valence-electron chi connectivity index (χ0n) is 12.3. The monoisotopic (exact) mass is 310 g/mol. The Morgan fingerprint density at radius 2 is 2.05 bits per heavy atom. The van der Waals surface area contributed by atoms with Crippen molar-refractivity contribution in [1.82, 2.24) is 10.2 Å². The van der Waals surface area contributed by atoms with Gasteiger partial charge in [0, 0.05) is 32.2 Å². The minimum atomic E-state index is -0.789. The van der Waals surface area contributed by atoms with Crippen molar-refractivity contribution in [1.29, 1.82) is 0 Å². The summed E-state index contributed by atoms with van der Waals surface area (Å²) in [5.74, 6) is -1.31. The highest BCUT2D eigenvalue weighted by molar-refractivity contribution is 5.84. The van der Waals surface area contributed by atoms with Gasteiger partial charge in [-0.1, -0.05) is 0 Å². The molecule has 0 radical (unpaired) electrons. The van der Waals surface area contributed by atoms with Crippen LogP contribution in [-0.4, -0.2) is 41.7 Å². The summed E-state index contributed by atoms with van der Waals surface area (Å²) in [5, 5.41) is 13.1. The number of hydrogen-bond donors (Lipinski definition) is 2. The molecule has 1 aromatic carbocycles. The van der Waals surface area contributed by atoms with Crippen LogP contribution >= 0.6 is 0 Å². The number of piperidine rings is 2. The van der Waals surface area contributed by atoms with Gasteiger partial charge in [0.1, 0.15) is 11.6 Å². The number of hydrogen-bond acceptors (Lipinski definition) is 3. The number of nitrogens with zero attached hydrogens (tertiary/aromatic N) is 1. The molecule has 1 amide bonds. The largest absolute Gasteiger partial charge is 0.392 e. The molecule has 2 aliphatic heterocycles. The summed E-state index contributed by atoms with van der Waals surface area (Å²) in [5.41, 5.74) is -0.247. The fourth-order valence-electron chi connectivity index (χ4n) is 3.62. The first-order valence-electron chi connectivity index (χ1n) is 7.63. The minimum absolute atomic E-state index is 0.110. The minimum Gasteiger partial charge on any atom is -0.392 e. The van der Waals surface area contributed by atoms with E-state index in [-0.39, 0.29) is 5.91 Å². The fourth-order valence-corrected chi connectivity index (χ4v) is 3.62. The Morgan fingerprint density at radius 3 is 2.73 bits per heavy atom. The highest BCUT2D eigenvalue weighted by atomic mass is 19.1.